The molecule has 0 atom stereocenters. The number of phenols is 1. The van der Waals surface area contributed by atoms with Crippen molar-refractivity contribution in [1.29, 1.82) is 0 Å². The van der Waals surface area contributed by atoms with Gasteiger partial charge in [-0.15, -0.1) is 0 Å². The second-order valence-corrected chi connectivity index (χ2v) is 5.73. The summed E-state index contributed by atoms with van der Waals surface area (Å²) in [7, 11) is -3.61. The van der Waals surface area contributed by atoms with Gasteiger partial charge in [0, 0.05) is 6.20 Å². The fraction of sp³-hybridized carbons (Fsp3) is 0.0833. The number of sulfone groups is 1. The Balaban J connectivity index is 2.37. The summed E-state index contributed by atoms with van der Waals surface area (Å²) in [6, 6.07) is 9.14. The van der Waals surface area contributed by atoms with E-state index in [0.717, 1.165) is 0 Å². The Labute approximate surface area is 105 Å². The van der Waals surface area contributed by atoms with Gasteiger partial charge in [0.25, 0.3) is 0 Å². The summed E-state index contributed by atoms with van der Waals surface area (Å²) in [6.45, 7) is 0. The van der Waals surface area contributed by atoms with Gasteiger partial charge < -0.3 is 10.8 Å². The standard InChI is InChI=1S/C12H12N2O3S/c13-11-5-2-6-14-12(11)18(16,17)8-9-3-1-4-10(15)7-9/h1-7,15H,8,13H2. The molecule has 0 spiro atoms. The average Bonchev–Trinajstić information content (AvgIpc) is 2.28. The number of benzene rings is 1. The largest absolute Gasteiger partial charge is 0.508 e. The van der Waals surface area contributed by atoms with E-state index in [0.29, 0.717) is 5.56 Å². The first-order chi connectivity index (χ1) is 8.49. The summed E-state index contributed by atoms with van der Waals surface area (Å²) >= 11 is 0. The van der Waals surface area contributed by atoms with Crippen LogP contribution in [0.2, 0.25) is 0 Å². The molecule has 3 N–H and O–H groups in total. The molecule has 6 heteroatoms. The molecule has 0 unspecified atom stereocenters. The van der Waals surface area contributed by atoms with Crippen LogP contribution >= 0.6 is 0 Å². The van der Waals surface area contributed by atoms with Crippen LogP contribution in [-0.2, 0) is 15.6 Å². The summed E-state index contributed by atoms with van der Waals surface area (Å²) in [6.07, 6.45) is 1.38. The van der Waals surface area contributed by atoms with Crippen LogP contribution in [-0.4, -0.2) is 18.5 Å². The SMILES string of the molecule is Nc1cccnc1S(=O)(=O)Cc1cccc(O)c1. The predicted molar refractivity (Wildman–Crippen MR) is 67.6 cm³/mol. The fourth-order valence-electron chi connectivity index (χ4n) is 1.60. The Hall–Kier alpha value is -2.08. The molecular formula is C12H12N2O3S. The smallest absolute Gasteiger partial charge is 0.201 e. The molecule has 0 aliphatic rings. The molecule has 2 rings (SSSR count). The van der Waals surface area contributed by atoms with Gasteiger partial charge in [0.1, 0.15) is 5.75 Å². The maximum Gasteiger partial charge on any atom is 0.201 e. The van der Waals surface area contributed by atoms with Crippen molar-refractivity contribution in [2.75, 3.05) is 5.73 Å². The molecule has 94 valence electrons. The number of hydrogen-bond donors (Lipinski definition) is 2. The minimum Gasteiger partial charge on any atom is -0.508 e. The Morgan fingerprint density at radius 3 is 2.67 bits per heavy atom. The van der Waals surface area contributed by atoms with Crippen LogP contribution in [0.1, 0.15) is 5.56 Å². The number of nitrogens with zero attached hydrogens (tertiary/aromatic N) is 1. The zero-order valence-electron chi connectivity index (χ0n) is 9.45. The number of hydrogen-bond acceptors (Lipinski definition) is 5. The third-order valence-electron chi connectivity index (χ3n) is 2.36. The van der Waals surface area contributed by atoms with E-state index in [9.17, 15) is 13.5 Å². The highest BCUT2D eigenvalue weighted by atomic mass is 32.2. The van der Waals surface area contributed by atoms with Crippen LogP contribution in [0.3, 0.4) is 0 Å². The lowest BCUT2D eigenvalue weighted by atomic mass is 10.2. The van der Waals surface area contributed by atoms with E-state index in [1.165, 1.54) is 24.4 Å². The van der Waals surface area contributed by atoms with Crippen molar-refractivity contribution in [2.45, 2.75) is 10.8 Å². The van der Waals surface area contributed by atoms with E-state index < -0.39 is 9.84 Å². The van der Waals surface area contributed by atoms with Crippen molar-refractivity contribution < 1.29 is 13.5 Å². The maximum absolute atomic E-state index is 12.1. The third-order valence-corrected chi connectivity index (χ3v) is 4.01. The molecule has 0 fully saturated rings. The molecule has 2 aromatic rings. The van der Waals surface area contributed by atoms with Crippen LogP contribution < -0.4 is 5.73 Å². The molecule has 0 amide bonds. The zero-order valence-corrected chi connectivity index (χ0v) is 10.3. The topological polar surface area (TPSA) is 93.3 Å². The summed E-state index contributed by atoms with van der Waals surface area (Å²) < 4.78 is 24.2. The molecule has 0 radical (unpaired) electrons. The number of phenolic OH excluding ortho intramolecular Hbond substituents is 1. The first-order valence-corrected chi connectivity index (χ1v) is 6.85. The number of pyridine rings is 1. The van der Waals surface area contributed by atoms with Gasteiger partial charge in [-0.05, 0) is 29.8 Å². The Bertz CT molecular complexity index is 669. The lowest BCUT2D eigenvalue weighted by Crippen LogP contribution is -2.09. The van der Waals surface area contributed by atoms with Gasteiger partial charge in [-0.25, -0.2) is 13.4 Å². The maximum atomic E-state index is 12.1. The zero-order chi connectivity index (χ0) is 13.2. The molecule has 0 saturated carbocycles. The number of aromatic hydroxyl groups is 1. The van der Waals surface area contributed by atoms with Gasteiger partial charge in [0.05, 0.1) is 11.4 Å². The highest BCUT2D eigenvalue weighted by molar-refractivity contribution is 7.90. The van der Waals surface area contributed by atoms with Crippen molar-refractivity contribution in [3.63, 3.8) is 0 Å². The van der Waals surface area contributed by atoms with E-state index in [1.54, 1.807) is 18.2 Å². The van der Waals surface area contributed by atoms with Crippen molar-refractivity contribution in [1.82, 2.24) is 4.98 Å². The molecule has 1 aromatic carbocycles. The van der Waals surface area contributed by atoms with E-state index in [2.05, 4.69) is 4.98 Å². The fourth-order valence-corrected chi connectivity index (χ4v) is 3.00. The van der Waals surface area contributed by atoms with Gasteiger partial charge in [-0.2, -0.15) is 0 Å². The monoisotopic (exact) mass is 264 g/mol. The van der Waals surface area contributed by atoms with Crippen LogP contribution in [0.5, 0.6) is 5.75 Å². The van der Waals surface area contributed by atoms with Crippen molar-refractivity contribution in [3.8, 4) is 5.75 Å². The molecular weight excluding hydrogens is 252 g/mol. The molecule has 1 aromatic heterocycles. The molecule has 5 nitrogen and oxygen atoms in total. The summed E-state index contributed by atoms with van der Waals surface area (Å²) in [5.41, 5.74) is 6.21. The van der Waals surface area contributed by atoms with Crippen LogP contribution in [0.15, 0.2) is 47.6 Å². The number of nitrogen functional groups attached to an aromatic ring is 1. The van der Waals surface area contributed by atoms with E-state index in [1.807, 2.05) is 0 Å². The van der Waals surface area contributed by atoms with Crippen molar-refractivity contribution >= 4 is 15.5 Å². The molecule has 1 heterocycles. The Morgan fingerprint density at radius 1 is 1.22 bits per heavy atom. The predicted octanol–water partition coefficient (Wildman–Crippen LogP) is 1.34. The quantitative estimate of drug-likeness (QED) is 0.872. The van der Waals surface area contributed by atoms with Gasteiger partial charge >= 0.3 is 0 Å². The minimum absolute atomic E-state index is 0.0247. The van der Waals surface area contributed by atoms with E-state index >= 15 is 0 Å². The first-order valence-electron chi connectivity index (χ1n) is 5.20. The summed E-state index contributed by atoms with van der Waals surface area (Å²) in [4.78, 5) is 3.79. The third kappa shape index (κ3) is 2.60. The first kappa shape index (κ1) is 12.4. The number of anilines is 1. The number of rotatable bonds is 3. The van der Waals surface area contributed by atoms with Crippen LogP contribution in [0, 0.1) is 0 Å². The second-order valence-electron chi connectivity index (χ2n) is 3.83. The highest BCUT2D eigenvalue weighted by Gasteiger charge is 2.19. The Morgan fingerprint density at radius 2 is 2.00 bits per heavy atom. The second kappa shape index (κ2) is 4.66. The minimum atomic E-state index is -3.61. The van der Waals surface area contributed by atoms with Crippen LogP contribution in [0.4, 0.5) is 5.69 Å². The van der Waals surface area contributed by atoms with Crippen LogP contribution in [0.25, 0.3) is 0 Å². The lowest BCUT2D eigenvalue weighted by Gasteiger charge is -2.06. The highest BCUT2D eigenvalue weighted by Crippen LogP contribution is 2.21. The Kier molecular flexibility index (Phi) is 3.20. The van der Waals surface area contributed by atoms with Crippen molar-refractivity contribution in [2.24, 2.45) is 0 Å². The molecule has 0 saturated heterocycles. The summed E-state index contributed by atoms with van der Waals surface area (Å²) in [5, 5.41) is 9.17. The van der Waals surface area contributed by atoms with Gasteiger partial charge in [0.15, 0.2) is 5.03 Å². The number of aromatic nitrogens is 1. The summed E-state index contributed by atoms with van der Waals surface area (Å²) in [5.74, 6) is -0.223. The van der Waals surface area contributed by atoms with E-state index in [4.69, 9.17) is 5.73 Å². The normalized spacial score (nSPS) is 11.3. The van der Waals surface area contributed by atoms with Gasteiger partial charge in [-0.1, -0.05) is 12.1 Å². The number of nitrogens with two attached hydrogens (primary N) is 1. The molecule has 0 aliphatic heterocycles. The van der Waals surface area contributed by atoms with E-state index in [-0.39, 0.29) is 22.2 Å². The molecule has 0 bridgehead atoms. The van der Waals surface area contributed by atoms with Crippen molar-refractivity contribution in [3.05, 3.63) is 48.2 Å². The average molecular weight is 264 g/mol. The van der Waals surface area contributed by atoms with Gasteiger partial charge in [-0.3, -0.25) is 0 Å². The molecule has 18 heavy (non-hydrogen) atoms. The molecule has 0 aliphatic carbocycles. The lowest BCUT2D eigenvalue weighted by molar-refractivity contribution is 0.475. The van der Waals surface area contributed by atoms with Gasteiger partial charge in [0.2, 0.25) is 9.84 Å².